The number of halogens is 1. The number of carbonyl (C=O) groups excluding carboxylic acids is 4. The minimum absolute atomic E-state index is 0.0134. The number of carbonyl (C=O) groups is 4. The van der Waals surface area contributed by atoms with Gasteiger partial charge >= 0.3 is 0 Å². The lowest BCUT2D eigenvalue weighted by atomic mass is 9.49. The van der Waals surface area contributed by atoms with Gasteiger partial charge < -0.3 is 40.3 Å². The van der Waals surface area contributed by atoms with Crippen LogP contribution < -0.4 is 20.7 Å². The zero-order chi connectivity index (χ0) is 50.4. The van der Waals surface area contributed by atoms with Crippen LogP contribution in [0, 0.1) is 34.5 Å². The number of rotatable bonds is 19. The molecule has 69 heavy (non-hydrogen) atoms. The van der Waals surface area contributed by atoms with E-state index >= 15 is 0 Å². The summed E-state index contributed by atoms with van der Waals surface area (Å²) in [5.41, 5.74) is 5.18. The molecule has 370 valence electrons. The number of hydrogen-bond acceptors (Lipinski definition) is 11. The number of aryl methyl sites for hydroxylation is 1. The van der Waals surface area contributed by atoms with Crippen LogP contribution in [0.5, 0.6) is 5.75 Å². The fourth-order valence-electron chi connectivity index (χ4n) is 10.4. The number of ether oxygens (including phenoxy) is 2. The van der Waals surface area contributed by atoms with Crippen LogP contribution in [-0.4, -0.2) is 107 Å². The van der Waals surface area contributed by atoms with Crippen LogP contribution in [0.25, 0.3) is 10.4 Å². The molecule has 16 heteroatoms. The molecule has 0 spiro atoms. The lowest BCUT2D eigenvalue weighted by molar-refractivity contribution is -0.195. The molecule has 4 amide bonds. The van der Waals surface area contributed by atoms with Gasteiger partial charge in [0.25, 0.3) is 5.91 Å². The summed E-state index contributed by atoms with van der Waals surface area (Å²) in [5.74, 6) is -0.723. The fraction of sp³-hybridized carbons (Fsp3) is 0.509. The Bertz CT molecular complexity index is 2480. The lowest BCUT2D eigenvalue weighted by Gasteiger charge is -2.65. The third-order valence-corrected chi connectivity index (χ3v) is 14.8. The number of aliphatic hydroxyl groups excluding tert-OH is 1. The number of β-amino-alcohol motifs (C(OH)–C–C–N with tert-alkyl or cyclic N) is 1. The number of nitriles is 1. The van der Waals surface area contributed by atoms with Gasteiger partial charge in [-0.2, -0.15) is 5.26 Å². The van der Waals surface area contributed by atoms with E-state index in [9.17, 15) is 29.5 Å². The van der Waals surface area contributed by atoms with Gasteiger partial charge in [-0.25, -0.2) is 4.98 Å². The summed E-state index contributed by atoms with van der Waals surface area (Å²) in [5, 5.41) is 29.5. The summed E-state index contributed by atoms with van der Waals surface area (Å²) in [6.07, 6.45) is 1.47. The van der Waals surface area contributed by atoms with E-state index in [1.807, 2.05) is 101 Å². The van der Waals surface area contributed by atoms with Gasteiger partial charge in [0.15, 0.2) is 0 Å². The molecular formula is C53H68ClN7O7S. The van der Waals surface area contributed by atoms with Crippen LogP contribution in [-0.2, 0) is 19.1 Å². The molecule has 1 saturated carbocycles. The van der Waals surface area contributed by atoms with Crippen LogP contribution in [0.4, 0.5) is 5.69 Å². The molecule has 6 rings (SSSR count). The standard InChI is InChI=1S/C53H68ClN7O7S/c1-32(34-14-16-35(17-15-34)44-33(2)57-31-69-44)58-46(64)42-26-39(62)29-61(42)48(66)45(51(3,4)5)59-43(63)30-67-25-13-11-12-24-56-38-21-18-36(19-22-38)47(65)60(10)49-52(6,7)50(53(49,8)9)68-40-23-20-37(28-55)41(54)27-40/h14-23,27,31-32,39,42,45,49-50,56,62H,11-13,24-26,29-30H2,1-10H3,(H,58,64)(H,59,63)/t32-,39+,42-,45+,49-,50-/m0/s1. The normalized spacial score (nSPS) is 20.2. The first-order valence-electron chi connectivity index (χ1n) is 23.7. The maximum Gasteiger partial charge on any atom is 0.253 e. The molecule has 1 aromatic heterocycles. The summed E-state index contributed by atoms with van der Waals surface area (Å²) < 4.78 is 12.1. The quantitative estimate of drug-likeness (QED) is 0.0664. The second kappa shape index (κ2) is 22.0. The molecule has 2 aliphatic rings. The Balaban J connectivity index is 0.898. The van der Waals surface area contributed by atoms with Crippen molar-refractivity contribution in [2.75, 3.05) is 38.7 Å². The van der Waals surface area contributed by atoms with Gasteiger partial charge in [0.2, 0.25) is 17.7 Å². The largest absolute Gasteiger partial charge is 0.489 e. The zero-order valence-corrected chi connectivity index (χ0v) is 43.1. The van der Waals surface area contributed by atoms with Crippen LogP contribution in [0.1, 0.15) is 114 Å². The Kier molecular flexibility index (Phi) is 16.9. The zero-order valence-electron chi connectivity index (χ0n) is 41.5. The SMILES string of the molecule is Cc1ncsc1-c1ccc([C@H](C)NC(=O)[C@@H]2C[C@@H](O)CN2C(=O)[C@@H](NC(=O)COCCCCCNc2ccc(C(=O)N(C)[C@H]3C(C)(C)[C@H](Oc4ccc(C#N)c(Cl)c4)C3(C)C)cc2)C(C)(C)C)cc1. The Labute approximate surface area is 416 Å². The van der Waals surface area contributed by atoms with E-state index < -0.39 is 35.4 Å². The Morgan fingerprint density at radius 1 is 1.00 bits per heavy atom. The van der Waals surface area contributed by atoms with Crippen LogP contribution in [0.3, 0.4) is 0 Å². The second-order valence-corrected chi connectivity index (χ2v) is 22.0. The minimum atomic E-state index is -0.953. The maximum absolute atomic E-state index is 14.1. The van der Waals surface area contributed by atoms with E-state index in [1.165, 1.54) is 4.90 Å². The predicted molar refractivity (Wildman–Crippen MR) is 270 cm³/mol. The highest BCUT2D eigenvalue weighted by molar-refractivity contribution is 7.13. The van der Waals surface area contributed by atoms with Gasteiger partial charge in [0.1, 0.15) is 36.6 Å². The molecule has 4 N–H and O–H groups in total. The average Bonchev–Trinajstić information content (AvgIpc) is 3.92. The van der Waals surface area contributed by atoms with Crippen molar-refractivity contribution in [1.29, 1.82) is 5.26 Å². The molecule has 1 aliphatic carbocycles. The first kappa shape index (κ1) is 52.8. The molecule has 1 saturated heterocycles. The van der Waals surface area contributed by atoms with Crippen LogP contribution >= 0.6 is 22.9 Å². The van der Waals surface area contributed by atoms with E-state index in [0.29, 0.717) is 35.1 Å². The molecular weight excluding hydrogens is 914 g/mol. The van der Waals surface area contributed by atoms with Gasteiger partial charge in [0.05, 0.1) is 38.8 Å². The van der Waals surface area contributed by atoms with Crippen molar-refractivity contribution in [3.63, 3.8) is 0 Å². The van der Waals surface area contributed by atoms with Gasteiger partial charge in [-0.1, -0.05) is 84.3 Å². The number of thiazole rings is 1. The van der Waals surface area contributed by atoms with Crippen molar-refractivity contribution < 1.29 is 33.8 Å². The van der Waals surface area contributed by atoms with Gasteiger partial charge in [-0.3, -0.25) is 19.2 Å². The van der Waals surface area contributed by atoms with Gasteiger partial charge in [-0.05, 0) is 86.1 Å². The van der Waals surface area contributed by atoms with Crippen molar-refractivity contribution in [3.8, 4) is 22.3 Å². The number of amides is 4. The minimum Gasteiger partial charge on any atom is -0.489 e. The maximum atomic E-state index is 14.1. The number of likely N-dealkylation sites (tertiary alicyclic amines) is 1. The first-order chi connectivity index (χ1) is 32.5. The number of aromatic nitrogens is 1. The average molecular weight is 983 g/mol. The van der Waals surface area contributed by atoms with Crippen molar-refractivity contribution >= 4 is 52.3 Å². The highest BCUT2D eigenvalue weighted by atomic mass is 35.5. The summed E-state index contributed by atoms with van der Waals surface area (Å²) >= 11 is 7.84. The number of unbranched alkanes of at least 4 members (excludes halogenated alkanes) is 2. The summed E-state index contributed by atoms with van der Waals surface area (Å²) in [6.45, 7) is 18.6. The van der Waals surface area contributed by atoms with E-state index in [2.05, 4.69) is 54.7 Å². The molecule has 0 radical (unpaired) electrons. The Hall–Kier alpha value is -5.53. The van der Waals surface area contributed by atoms with E-state index in [1.54, 1.807) is 29.5 Å². The number of nitrogens with zero attached hydrogens (tertiary/aromatic N) is 4. The van der Waals surface area contributed by atoms with Crippen molar-refractivity contribution in [2.24, 2.45) is 16.2 Å². The number of nitrogens with one attached hydrogen (secondary N) is 3. The first-order valence-corrected chi connectivity index (χ1v) is 24.9. The predicted octanol–water partition coefficient (Wildman–Crippen LogP) is 8.57. The molecule has 3 aromatic carbocycles. The van der Waals surface area contributed by atoms with E-state index in [0.717, 1.165) is 46.6 Å². The monoisotopic (exact) mass is 981 g/mol. The highest BCUT2D eigenvalue weighted by Crippen LogP contribution is 2.58. The van der Waals surface area contributed by atoms with Crippen molar-refractivity contribution in [1.82, 2.24) is 25.4 Å². The third kappa shape index (κ3) is 12.3. The molecule has 4 atom stereocenters. The number of anilines is 1. The van der Waals surface area contributed by atoms with E-state index in [-0.39, 0.29) is 60.4 Å². The molecule has 14 nitrogen and oxygen atoms in total. The molecule has 2 fully saturated rings. The van der Waals surface area contributed by atoms with E-state index in [4.69, 9.17) is 21.1 Å². The number of benzene rings is 3. The fourth-order valence-corrected chi connectivity index (χ4v) is 11.4. The molecule has 0 bridgehead atoms. The molecule has 1 aliphatic heterocycles. The summed E-state index contributed by atoms with van der Waals surface area (Å²) in [4.78, 5) is 63.2. The lowest BCUT2D eigenvalue weighted by Crippen LogP contribution is -2.74. The Morgan fingerprint density at radius 2 is 1.68 bits per heavy atom. The Morgan fingerprint density at radius 3 is 2.29 bits per heavy atom. The smallest absolute Gasteiger partial charge is 0.253 e. The van der Waals surface area contributed by atoms with Crippen LogP contribution in [0.2, 0.25) is 5.02 Å². The third-order valence-electron chi connectivity index (χ3n) is 13.5. The molecule has 2 heterocycles. The number of hydrogen-bond donors (Lipinski definition) is 4. The number of aliphatic hydroxyl groups is 1. The molecule has 0 unspecified atom stereocenters. The van der Waals surface area contributed by atoms with Gasteiger partial charge in [0, 0.05) is 67.4 Å². The van der Waals surface area contributed by atoms with Crippen molar-refractivity contribution in [3.05, 3.63) is 99.6 Å². The van der Waals surface area contributed by atoms with Gasteiger partial charge in [-0.15, -0.1) is 11.3 Å². The molecule has 4 aromatic rings. The summed E-state index contributed by atoms with van der Waals surface area (Å²) in [6, 6.07) is 20.3. The van der Waals surface area contributed by atoms with Crippen LogP contribution in [0.15, 0.2) is 72.2 Å². The topological polar surface area (TPSA) is 186 Å². The second-order valence-electron chi connectivity index (χ2n) is 20.7. The summed E-state index contributed by atoms with van der Waals surface area (Å²) in [7, 11) is 1.84. The van der Waals surface area contributed by atoms with Crippen molar-refractivity contribution in [2.45, 2.75) is 124 Å². The highest BCUT2D eigenvalue weighted by Gasteiger charge is 2.65.